The van der Waals surface area contributed by atoms with Crippen molar-refractivity contribution >= 4 is 22.5 Å². The smallest absolute Gasteiger partial charge is 0.256 e. The van der Waals surface area contributed by atoms with Gasteiger partial charge in [0, 0.05) is 30.6 Å². The second-order valence-electron chi connectivity index (χ2n) is 6.69. The van der Waals surface area contributed by atoms with Gasteiger partial charge in [-0.15, -0.1) is 10.2 Å². The number of nitrogens with one attached hydrogen (secondary N) is 1. The lowest BCUT2D eigenvalue weighted by molar-refractivity contribution is 0.0712. The molecule has 1 amide bonds. The number of benzene rings is 1. The number of H-pyrrole nitrogens is 1. The molecule has 7 heteroatoms. The average molecular weight is 346 g/mol. The highest BCUT2D eigenvalue weighted by Gasteiger charge is 2.28. The van der Waals surface area contributed by atoms with Gasteiger partial charge >= 0.3 is 0 Å². The topological polar surface area (TPSA) is 79.2 Å². The minimum atomic E-state index is 0.0596. The first-order chi connectivity index (χ1) is 12.8. The van der Waals surface area contributed by atoms with Crippen LogP contribution in [0.4, 0.5) is 0 Å². The largest absolute Gasteiger partial charge is 0.339 e. The normalized spacial score (nSPS) is 15.8. The number of amides is 1. The fourth-order valence-corrected chi connectivity index (χ4v) is 3.80. The molecule has 0 bridgehead atoms. The zero-order valence-electron chi connectivity index (χ0n) is 14.2. The molecule has 1 aromatic carbocycles. The van der Waals surface area contributed by atoms with E-state index in [1.807, 2.05) is 51.9 Å². The van der Waals surface area contributed by atoms with Gasteiger partial charge < -0.3 is 4.90 Å². The van der Waals surface area contributed by atoms with Crippen molar-refractivity contribution in [3.63, 3.8) is 0 Å². The quantitative estimate of drug-likeness (QED) is 0.605. The first-order valence-electron chi connectivity index (χ1n) is 8.82. The predicted octanol–water partition coefficient (Wildman–Crippen LogP) is 2.63. The Morgan fingerprint density at radius 3 is 2.85 bits per heavy atom. The van der Waals surface area contributed by atoms with Gasteiger partial charge in [0.2, 0.25) is 0 Å². The van der Waals surface area contributed by atoms with Crippen LogP contribution in [0.1, 0.15) is 34.9 Å². The number of nitrogens with zero attached hydrogens (tertiary/aromatic N) is 5. The van der Waals surface area contributed by atoms with Crippen LogP contribution in [0.25, 0.3) is 16.6 Å². The third-order valence-electron chi connectivity index (χ3n) is 5.19. The van der Waals surface area contributed by atoms with Crippen molar-refractivity contribution in [2.24, 2.45) is 0 Å². The summed E-state index contributed by atoms with van der Waals surface area (Å²) in [5.74, 6) is 1.37. The number of pyridine rings is 1. The third-order valence-corrected chi connectivity index (χ3v) is 5.19. The number of carbonyl (C=O) groups excluding carboxylic acids is 1. The molecule has 5 rings (SSSR count). The van der Waals surface area contributed by atoms with E-state index in [-0.39, 0.29) is 5.91 Å². The van der Waals surface area contributed by atoms with Crippen molar-refractivity contribution in [1.29, 1.82) is 0 Å². The lowest BCUT2D eigenvalue weighted by Gasteiger charge is -2.31. The number of aromatic amines is 1. The molecule has 0 unspecified atom stereocenters. The monoisotopic (exact) mass is 346 g/mol. The summed E-state index contributed by atoms with van der Waals surface area (Å²) in [7, 11) is 0. The molecule has 26 heavy (non-hydrogen) atoms. The Labute approximate surface area is 149 Å². The lowest BCUT2D eigenvalue weighted by Crippen LogP contribution is -2.38. The molecule has 130 valence electrons. The number of fused-ring (bicyclic) bond motifs is 2. The van der Waals surface area contributed by atoms with Crippen molar-refractivity contribution in [2.45, 2.75) is 18.8 Å². The molecule has 0 radical (unpaired) electrons. The number of piperidine rings is 1. The zero-order valence-corrected chi connectivity index (χ0v) is 14.2. The van der Waals surface area contributed by atoms with Gasteiger partial charge in [0.25, 0.3) is 5.91 Å². The van der Waals surface area contributed by atoms with Gasteiger partial charge in [-0.3, -0.25) is 14.3 Å². The minimum absolute atomic E-state index is 0.0596. The molecule has 7 nitrogen and oxygen atoms in total. The molecule has 3 aromatic heterocycles. The van der Waals surface area contributed by atoms with Crippen LogP contribution in [0.3, 0.4) is 0 Å². The van der Waals surface area contributed by atoms with E-state index in [2.05, 4.69) is 20.4 Å². The first-order valence-corrected chi connectivity index (χ1v) is 8.82. The van der Waals surface area contributed by atoms with E-state index in [0.717, 1.165) is 48.3 Å². The summed E-state index contributed by atoms with van der Waals surface area (Å²) >= 11 is 0. The standard InChI is InChI=1S/C19H18N6O/c26-19(15-5-3-4-14-12-20-22-17(14)15)24-10-7-13(8-11-24)18-23-21-16-6-1-2-9-25(16)18/h1-6,9,12-13H,7-8,10-11H2,(H,20,22). The summed E-state index contributed by atoms with van der Waals surface area (Å²) in [6.45, 7) is 1.44. The van der Waals surface area contributed by atoms with E-state index >= 15 is 0 Å². The summed E-state index contributed by atoms with van der Waals surface area (Å²) < 4.78 is 2.05. The maximum absolute atomic E-state index is 13.0. The van der Waals surface area contributed by atoms with Crippen LogP contribution < -0.4 is 0 Å². The van der Waals surface area contributed by atoms with Crippen LogP contribution in [-0.4, -0.2) is 48.7 Å². The highest BCUT2D eigenvalue weighted by Crippen LogP contribution is 2.28. The van der Waals surface area contributed by atoms with Crippen LogP contribution in [-0.2, 0) is 0 Å². The third kappa shape index (κ3) is 2.35. The van der Waals surface area contributed by atoms with E-state index in [9.17, 15) is 4.79 Å². The maximum Gasteiger partial charge on any atom is 0.256 e. The Kier molecular flexibility index (Phi) is 3.44. The van der Waals surface area contributed by atoms with Crippen LogP contribution in [0, 0.1) is 0 Å². The molecular weight excluding hydrogens is 328 g/mol. The molecule has 1 aliphatic heterocycles. The Hall–Kier alpha value is -3.22. The molecule has 1 fully saturated rings. The molecular formula is C19H18N6O. The number of hydrogen-bond donors (Lipinski definition) is 1. The molecule has 0 saturated carbocycles. The fourth-order valence-electron chi connectivity index (χ4n) is 3.80. The van der Waals surface area contributed by atoms with Crippen LogP contribution >= 0.6 is 0 Å². The Bertz CT molecular complexity index is 1090. The Morgan fingerprint density at radius 2 is 1.96 bits per heavy atom. The van der Waals surface area contributed by atoms with E-state index in [4.69, 9.17) is 0 Å². The average Bonchev–Trinajstić information content (AvgIpc) is 3.34. The van der Waals surface area contributed by atoms with Crippen LogP contribution in [0.2, 0.25) is 0 Å². The van der Waals surface area contributed by atoms with E-state index in [1.165, 1.54) is 0 Å². The summed E-state index contributed by atoms with van der Waals surface area (Å²) in [5.41, 5.74) is 2.36. The zero-order chi connectivity index (χ0) is 17.5. The number of aromatic nitrogens is 5. The van der Waals surface area contributed by atoms with Crippen molar-refractivity contribution in [1.82, 2.24) is 29.7 Å². The molecule has 0 spiro atoms. The van der Waals surface area contributed by atoms with Crippen molar-refractivity contribution in [2.75, 3.05) is 13.1 Å². The fraction of sp³-hybridized carbons (Fsp3) is 0.263. The molecule has 0 aliphatic carbocycles. The van der Waals surface area contributed by atoms with Gasteiger partial charge in [-0.05, 0) is 31.0 Å². The molecule has 1 N–H and O–H groups in total. The number of carbonyl (C=O) groups is 1. The van der Waals surface area contributed by atoms with E-state index < -0.39 is 0 Å². The second kappa shape index (κ2) is 5.94. The SMILES string of the molecule is O=C(c1cccc2cn[nH]c12)N1CCC(c2nnc3ccccn23)CC1. The Balaban J connectivity index is 1.35. The second-order valence-corrected chi connectivity index (χ2v) is 6.69. The Morgan fingerprint density at radius 1 is 1.08 bits per heavy atom. The van der Waals surface area contributed by atoms with Gasteiger partial charge in [-0.25, -0.2) is 0 Å². The van der Waals surface area contributed by atoms with Gasteiger partial charge in [0.05, 0.1) is 17.3 Å². The number of likely N-dealkylation sites (tertiary alicyclic amines) is 1. The van der Waals surface area contributed by atoms with Crippen molar-refractivity contribution < 1.29 is 4.79 Å². The predicted molar refractivity (Wildman–Crippen MR) is 97.0 cm³/mol. The molecule has 4 aromatic rings. The van der Waals surface area contributed by atoms with E-state index in [0.29, 0.717) is 11.5 Å². The van der Waals surface area contributed by atoms with Crippen LogP contribution in [0.5, 0.6) is 0 Å². The van der Waals surface area contributed by atoms with Crippen molar-refractivity contribution in [3.05, 3.63) is 60.2 Å². The first kappa shape index (κ1) is 15.1. The molecule has 0 atom stereocenters. The molecule has 1 aliphatic rings. The highest BCUT2D eigenvalue weighted by molar-refractivity contribution is 6.05. The van der Waals surface area contributed by atoms with Gasteiger partial charge in [0.1, 0.15) is 5.82 Å². The molecule has 4 heterocycles. The number of rotatable bonds is 2. The highest BCUT2D eigenvalue weighted by atomic mass is 16.2. The van der Waals surface area contributed by atoms with E-state index in [1.54, 1.807) is 6.20 Å². The van der Waals surface area contributed by atoms with Gasteiger partial charge in [-0.1, -0.05) is 18.2 Å². The summed E-state index contributed by atoms with van der Waals surface area (Å²) in [4.78, 5) is 14.9. The summed E-state index contributed by atoms with van der Waals surface area (Å²) in [5, 5.41) is 16.6. The molecule has 1 saturated heterocycles. The summed E-state index contributed by atoms with van der Waals surface area (Å²) in [6.07, 6.45) is 5.52. The van der Waals surface area contributed by atoms with Gasteiger partial charge in [0.15, 0.2) is 5.65 Å². The lowest BCUT2D eigenvalue weighted by atomic mass is 9.95. The maximum atomic E-state index is 13.0. The van der Waals surface area contributed by atoms with Crippen LogP contribution in [0.15, 0.2) is 48.8 Å². The van der Waals surface area contributed by atoms with Gasteiger partial charge in [-0.2, -0.15) is 5.10 Å². The number of para-hydroxylation sites is 1. The van der Waals surface area contributed by atoms with Crippen molar-refractivity contribution in [3.8, 4) is 0 Å². The summed E-state index contributed by atoms with van der Waals surface area (Å²) in [6, 6.07) is 11.6. The minimum Gasteiger partial charge on any atom is -0.339 e. The number of hydrogen-bond acceptors (Lipinski definition) is 4.